The number of urea groups is 1. The van der Waals surface area contributed by atoms with Crippen molar-refractivity contribution in [1.29, 1.82) is 0 Å². The lowest BCUT2D eigenvalue weighted by Gasteiger charge is -2.34. The summed E-state index contributed by atoms with van der Waals surface area (Å²) in [6.07, 6.45) is 5.17. The van der Waals surface area contributed by atoms with Gasteiger partial charge in [-0.05, 0) is 79.5 Å². The maximum absolute atomic E-state index is 13.1. The van der Waals surface area contributed by atoms with Gasteiger partial charge in [0.25, 0.3) is 0 Å². The van der Waals surface area contributed by atoms with Crippen LogP contribution in [-0.4, -0.2) is 43.5 Å². The normalized spacial score (nSPS) is 18.5. The first-order valence-electron chi connectivity index (χ1n) is 13.6. The number of rotatable bonds is 5. The van der Waals surface area contributed by atoms with E-state index in [0.717, 1.165) is 40.7 Å². The van der Waals surface area contributed by atoms with E-state index in [1.165, 1.54) is 11.1 Å². The zero-order valence-corrected chi connectivity index (χ0v) is 22.6. The summed E-state index contributed by atoms with van der Waals surface area (Å²) in [6, 6.07) is 18.4. The Morgan fingerprint density at radius 3 is 2.64 bits per heavy atom. The van der Waals surface area contributed by atoms with Gasteiger partial charge in [0.1, 0.15) is 6.33 Å². The van der Waals surface area contributed by atoms with E-state index in [2.05, 4.69) is 51.0 Å². The number of benzene rings is 2. The fourth-order valence-electron chi connectivity index (χ4n) is 5.59. The third kappa shape index (κ3) is 5.24. The topological polar surface area (TPSA) is 91.6 Å². The van der Waals surface area contributed by atoms with Crippen LogP contribution in [0.2, 0.25) is 0 Å². The molecule has 1 fully saturated rings. The fraction of sp³-hybridized carbons (Fsp3) is 0.355. The van der Waals surface area contributed by atoms with E-state index in [9.17, 15) is 9.59 Å². The van der Waals surface area contributed by atoms with E-state index in [-0.39, 0.29) is 23.4 Å². The molecule has 4 aromatic rings. The summed E-state index contributed by atoms with van der Waals surface area (Å²) in [6.45, 7) is 7.53. The SMILES string of the molecule is CC(C)(C)NC(=O)N1CCc2c(-c3ccc4ncnn4c3)ccc(CNC(=O)C3C[C@H]3c3ccccc3)c2C1. The van der Waals surface area contributed by atoms with Gasteiger partial charge in [0.15, 0.2) is 5.65 Å². The van der Waals surface area contributed by atoms with Crippen molar-refractivity contribution in [3.05, 3.63) is 89.4 Å². The molecule has 0 saturated heterocycles. The summed E-state index contributed by atoms with van der Waals surface area (Å²) >= 11 is 0. The van der Waals surface area contributed by atoms with Crippen molar-refractivity contribution >= 4 is 17.6 Å². The van der Waals surface area contributed by atoms with E-state index in [1.54, 1.807) is 10.8 Å². The Labute approximate surface area is 228 Å². The van der Waals surface area contributed by atoms with Crippen LogP contribution in [0.15, 0.2) is 67.1 Å². The number of carbonyl (C=O) groups is 2. The maximum atomic E-state index is 13.1. The zero-order chi connectivity index (χ0) is 27.1. The molecule has 0 spiro atoms. The lowest BCUT2D eigenvalue weighted by Crippen LogP contribution is -2.50. The Balaban J connectivity index is 1.26. The van der Waals surface area contributed by atoms with E-state index in [0.29, 0.717) is 25.6 Å². The lowest BCUT2D eigenvalue weighted by molar-refractivity contribution is -0.122. The standard InChI is InChI=1S/C31H34N6O2/c1-31(2,3)35-30(39)36-14-13-24-23(22-10-12-28-33-19-34-37(28)17-22)11-9-21(27(24)18-36)16-32-29(38)26-15-25(26)20-7-5-4-6-8-20/h4-12,17,19,25-26H,13-16,18H2,1-3H3,(H,32,38)(H,35,39)/t25-,26?/m0/s1. The number of amides is 3. The number of aromatic nitrogens is 3. The predicted octanol–water partition coefficient (Wildman–Crippen LogP) is 4.68. The largest absolute Gasteiger partial charge is 0.352 e. The minimum atomic E-state index is -0.317. The van der Waals surface area contributed by atoms with Gasteiger partial charge in [-0.2, -0.15) is 5.10 Å². The summed E-state index contributed by atoms with van der Waals surface area (Å²) in [7, 11) is 0. The van der Waals surface area contributed by atoms with Crippen LogP contribution in [0.5, 0.6) is 0 Å². The molecular formula is C31H34N6O2. The Kier molecular flexibility index (Phi) is 6.33. The number of fused-ring (bicyclic) bond motifs is 2. The molecule has 0 radical (unpaired) electrons. The molecule has 1 unspecified atom stereocenters. The average molecular weight is 523 g/mol. The summed E-state index contributed by atoms with van der Waals surface area (Å²) in [5, 5.41) is 10.6. The number of nitrogens with zero attached hydrogens (tertiary/aromatic N) is 4. The molecule has 0 bridgehead atoms. The van der Waals surface area contributed by atoms with Gasteiger partial charge in [-0.3, -0.25) is 4.79 Å². The quantitative estimate of drug-likeness (QED) is 0.398. The highest BCUT2D eigenvalue weighted by Gasteiger charge is 2.43. The van der Waals surface area contributed by atoms with Crippen LogP contribution in [0.3, 0.4) is 0 Å². The van der Waals surface area contributed by atoms with Crippen LogP contribution in [-0.2, 0) is 24.3 Å². The molecule has 6 rings (SSSR count). The van der Waals surface area contributed by atoms with Crippen molar-refractivity contribution in [2.75, 3.05) is 6.54 Å². The van der Waals surface area contributed by atoms with Gasteiger partial charge in [0.2, 0.25) is 5.91 Å². The minimum absolute atomic E-state index is 0.0194. The van der Waals surface area contributed by atoms with Crippen LogP contribution >= 0.6 is 0 Å². The number of pyridine rings is 1. The summed E-state index contributed by atoms with van der Waals surface area (Å²) < 4.78 is 1.78. The monoisotopic (exact) mass is 522 g/mol. The molecule has 1 aliphatic heterocycles. The highest BCUT2D eigenvalue weighted by molar-refractivity contribution is 5.83. The maximum Gasteiger partial charge on any atom is 0.318 e. The second kappa shape index (κ2) is 9.84. The molecule has 200 valence electrons. The number of hydrogen-bond acceptors (Lipinski definition) is 4. The van der Waals surface area contributed by atoms with Crippen molar-refractivity contribution in [2.45, 2.75) is 58.2 Å². The van der Waals surface area contributed by atoms with Crippen LogP contribution in [0, 0.1) is 5.92 Å². The molecule has 2 atom stereocenters. The Morgan fingerprint density at radius 2 is 1.85 bits per heavy atom. The van der Waals surface area contributed by atoms with Gasteiger partial charge in [0, 0.05) is 42.9 Å². The first-order valence-corrected chi connectivity index (χ1v) is 13.6. The van der Waals surface area contributed by atoms with Gasteiger partial charge in [0.05, 0.1) is 0 Å². The number of hydrogen-bond donors (Lipinski definition) is 2. The average Bonchev–Trinajstić information content (AvgIpc) is 3.60. The van der Waals surface area contributed by atoms with Crippen molar-refractivity contribution < 1.29 is 9.59 Å². The van der Waals surface area contributed by atoms with E-state index in [1.807, 2.05) is 56.1 Å². The molecule has 3 amide bonds. The Morgan fingerprint density at radius 1 is 1.03 bits per heavy atom. The lowest BCUT2D eigenvalue weighted by atomic mass is 9.88. The highest BCUT2D eigenvalue weighted by atomic mass is 16.2. The van der Waals surface area contributed by atoms with E-state index < -0.39 is 0 Å². The molecule has 39 heavy (non-hydrogen) atoms. The van der Waals surface area contributed by atoms with Crippen molar-refractivity contribution in [2.24, 2.45) is 5.92 Å². The number of carbonyl (C=O) groups excluding carboxylic acids is 2. The molecule has 3 heterocycles. The van der Waals surface area contributed by atoms with Gasteiger partial charge < -0.3 is 15.5 Å². The summed E-state index contributed by atoms with van der Waals surface area (Å²) in [5.41, 5.74) is 7.26. The van der Waals surface area contributed by atoms with Gasteiger partial charge in [-0.15, -0.1) is 0 Å². The van der Waals surface area contributed by atoms with Crippen LogP contribution in [0.1, 0.15) is 55.4 Å². The molecule has 1 aliphatic carbocycles. The zero-order valence-electron chi connectivity index (χ0n) is 22.6. The second-order valence-corrected chi connectivity index (χ2v) is 11.6. The first kappa shape index (κ1) is 25.1. The second-order valence-electron chi connectivity index (χ2n) is 11.6. The number of nitrogens with one attached hydrogen (secondary N) is 2. The van der Waals surface area contributed by atoms with Crippen molar-refractivity contribution in [3.63, 3.8) is 0 Å². The highest BCUT2D eigenvalue weighted by Crippen LogP contribution is 2.47. The van der Waals surface area contributed by atoms with E-state index >= 15 is 0 Å². The van der Waals surface area contributed by atoms with Gasteiger partial charge >= 0.3 is 6.03 Å². The van der Waals surface area contributed by atoms with E-state index in [4.69, 9.17) is 0 Å². The smallest absolute Gasteiger partial charge is 0.318 e. The molecular weight excluding hydrogens is 488 g/mol. The summed E-state index contributed by atoms with van der Waals surface area (Å²) in [5.74, 6) is 0.410. The first-order chi connectivity index (χ1) is 18.8. The van der Waals surface area contributed by atoms with Gasteiger partial charge in [-0.1, -0.05) is 42.5 Å². The van der Waals surface area contributed by atoms with Crippen LogP contribution < -0.4 is 10.6 Å². The Hall–Kier alpha value is -4.20. The molecule has 2 aromatic heterocycles. The van der Waals surface area contributed by atoms with Crippen molar-refractivity contribution in [1.82, 2.24) is 30.1 Å². The molecule has 1 saturated carbocycles. The molecule has 8 heteroatoms. The van der Waals surface area contributed by atoms with Crippen LogP contribution in [0.25, 0.3) is 16.8 Å². The van der Waals surface area contributed by atoms with Crippen LogP contribution in [0.4, 0.5) is 4.79 Å². The third-order valence-corrected chi connectivity index (χ3v) is 7.67. The molecule has 8 nitrogen and oxygen atoms in total. The van der Waals surface area contributed by atoms with Crippen molar-refractivity contribution in [3.8, 4) is 11.1 Å². The molecule has 2 aromatic carbocycles. The minimum Gasteiger partial charge on any atom is -0.352 e. The third-order valence-electron chi connectivity index (χ3n) is 7.67. The molecule has 2 aliphatic rings. The van der Waals surface area contributed by atoms with Gasteiger partial charge in [-0.25, -0.2) is 14.3 Å². The Bertz CT molecular complexity index is 1540. The predicted molar refractivity (Wildman–Crippen MR) is 150 cm³/mol. The fourth-order valence-corrected chi connectivity index (χ4v) is 5.59. The molecule has 2 N–H and O–H groups in total. The summed E-state index contributed by atoms with van der Waals surface area (Å²) in [4.78, 5) is 32.2.